The second-order valence-electron chi connectivity index (χ2n) is 5.84. The number of hydrogen-bond donors (Lipinski definition) is 0. The summed E-state index contributed by atoms with van der Waals surface area (Å²) in [5, 5.41) is 1.20. The SMILES string of the molecule is COC(=O)[C@H](C)Oc1ccccc1C=Cc1cc2ccccc2n1C. The molecule has 1 atom stereocenters. The number of esters is 1. The van der Waals surface area contributed by atoms with Crippen LogP contribution in [0.3, 0.4) is 0 Å². The molecule has 1 aromatic heterocycles. The van der Waals surface area contributed by atoms with Gasteiger partial charge < -0.3 is 14.0 Å². The van der Waals surface area contributed by atoms with E-state index in [4.69, 9.17) is 9.47 Å². The first-order chi connectivity index (χ1) is 12.1. The highest BCUT2D eigenvalue weighted by Gasteiger charge is 2.15. The average molecular weight is 335 g/mol. The number of rotatable bonds is 5. The number of aryl methyl sites for hydroxylation is 1. The van der Waals surface area contributed by atoms with Gasteiger partial charge in [0.1, 0.15) is 5.75 Å². The molecule has 128 valence electrons. The van der Waals surface area contributed by atoms with Crippen molar-refractivity contribution >= 4 is 29.0 Å². The molecule has 0 aliphatic carbocycles. The lowest BCUT2D eigenvalue weighted by Gasteiger charge is -2.14. The quantitative estimate of drug-likeness (QED) is 0.653. The predicted octanol–water partition coefficient (Wildman–Crippen LogP) is 4.29. The summed E-state index contributed by atoms with van der Waals surface area (Å²) >= 11 is 0. The van der Waals surface area contributed by atoms with Crippen molar-refractivity contribution in [3.63, 3.8) is 0 Å². The summed E-state index contributed by atoms with van der Waals surface area (Å²) in [6.45, 7) is 1.68. The van der Waals surface area contributed by atoms with Crippen LogP contribution in [0.2, 0.25) is 0 Å². The molecule has 0 fully saturated rings. The molecule has 0 radical (unpaired) electrons. The lowest BCUT2D eigenvalue weighted by molar-refractivity contribution is -0.147. The molecular weight excluding hydrogens is 314 g/mol. The van der Waals surface area contributed by atoms with Crippen LogP contribution in [0, 0.1) is 0 Å². The van der Waals surface area contributed by atoms with Crippen LogP contribution in [-0.4, -0.2) is 23.8 Å². The van der Waals surface area contributed by atoms with Gasteiger partial charge in [-0.1, -0.05) is 36.4 Å². The molecule has 4 heteroatoms. The van der Waals surface area contributed by atoms with Crippen LogP contribution in [0.5, 0.6) is 5.75 Å². The number of aromatic nitrogens is 1. The number of hydrogen-bond acceptors (Lipinski definition) is 3. The number of ether oxygens (including phenoxy) is 2. The van der Waals surface area contributed by atoms with E-state index in [1.54, 1.807) is 6.92 Å². The van der Waals surface area contributed by atoms with Gasteiger partial charge in [-0.2, -0.15) is 0 Å². The minimum absolute atomic E-state index is 0.396. The Morgan fingerprint density at radius 1 is 1.08 bits per heavy atom. The van der Waals surface area contributed by atoms with E-state index in [0.29, 0.717) is 5.75 Å². The third-order valence-corrected chi connectivity index (χ3v) is 4.18. The number of methoxy groups -OCH3 is 1. The molecule has 0 saturated carbocycles. The van der Waals surface area contributed by atoms with Gasteiger partial charge in [-0.3, -0.25) is 0 Å². The van der Waals surface area contributed by atoms with Gasteiger partial charge in [0.15, 0.2) is 6.10 Å². The van der Waals surface area contributed by atoms with Crippen LogP contribution < -0.4 is 4.74 Å². The molecule has 1 heterocycles. The van der Waals surface area contributed by atoms with E-state index in [2.05, 4.69) is 22.8 Å². The highest BCUT2D eigenvalue weighted by molar-refractivity contribution is 5.85. The Morgan fingerprint density at radius 2 is 1.80 bits per heavy atom. The Hall–Kier alpha value is -3.01. The first kappa shape index (κ1) is 16.8. The Bertz CT molecular complexity index is 924. The Kier molecular flexibility index (Phi) is 4.89. The third kappa shape index (κ3) is 3.58. The molecule has 0 N–H and O–H groups in total. The highest BCUT2D eigenvalue weighted by atomic mass is 16.6. The van der Waals surface area contributed by atoms with Gasteiger partial charge in [-0.15, -0.1) is 0 Å². The van der Waals surface area contributed by atoms with E-state index >= 15 is 0 Å². The minimum atomic E-state index is -0.655. The van der Waals surface area contributed by atoms with Gasteiger partial charge in [0.05, 0.1) is 7.11 Å². The van der Waals surface area contributed by atoms with Crippen LogP contribution in [0.25, 0.3) is 23.1 Å². The molecule has 0 saturated heterocycles. The Balaban J connectivity index is 1.88. The van der Waals surface area contributed by atoms with Crippen molar-refractivity contribution in [1.82, 2.24) is 4.57 Å². The largest absolute Gasteiger partial charge is 0.478 e. The number of carbonyl (C=O) groups excluding carboxylic acids is 1. The second-order valence-corrected chi connectivity index (χ2v) is 5.84. The zero-order chi connectivity index (χ0) is 17.8. The monoisotopic (exact) mass is 335 g/mol. The summed E-state index contributed by atoms with van der Waals surface area (Å²) in [4.78, 5) is 11.6. The molecule has 4 nitrogen and oxygen atoms in total. The molecule has 25 heavy (non-hydrogen) atoms. The molecule has 0 bridgehead atoms. The van der Waals surface area contributed by atoms with Gasteiger partial charge in [0, 0.05) is 29.2 Å². The minimum Gasteiger partial charge on any atom is -0.478 e. The zero-order valence-corrected chi connectivity index (χ0v) is 14.6. The number of benzene rings is 2. The average Bonchev–Trinajstić information content (AvgIpc) is 2.96. The number of fused-ring (bicyclic) bond motifs is 1. The zero-order valence-electron chi connectivity index (χ0n) is 14.6. The fourth-order valence-corrected chi connectivity index (χ4v) is 2.78. The van der Waals surface area contributed by atoms with Crippen LogP contribution >= 0.6 is 0 Å². The summed E-state index contributed by atoms with van der Waals surface area (Å²) in [6, 6.07) is 18.0. The number of carbonyl (C=O) groups is 1. The van der Waals surface area contributed by atoms with Gasteiger partial charge in [-0.05, 0) is 37.3 Å². The fraction of sp³-hybridized carbons (Fsp3) is 0.190. The van der Waals surface area contributed by atoms with Crippen LogP contribution in [-0.2, 0) is 16.6 Å². The molecule has 3 aromatic rings. The van der Waals surface area contributed by atoms with Crippen molar-refractivity contribution in [2.45, 2.75) is 13.0 Å². The van der Waals surface area contributed by atoms with Gasteiger partial charge >= 0.3 is 5.97 Å². The lowest BCUT2D eigenvalue weighted by Crippen LogP contribution is -2.25. The van der Waals surface area contributed by atoms with Crippen LogP contribution in [0.4, 0.5) is 0 Å². The molecule has 2 aromatic carbocycles. The Morgan fingerprint density at radius 3 is 2.56 bits per heavy atom. The van der Waals surface area contributed by atoms with Crippen molar-refractivity contribution in [1.29, 1.82) is 0 Å². The maximum absolute atomic E-state index is 11.6. The van der Waals surface area contributed by atoms with Crippen molar-refractivity contribution in [2.24, 2.45) is 7.05 Å². The standard InChI is InChI=1S/C21H21NO3/c1-15(21(23)24-3)25-20-11-7-5-8-16(20)12-13-18-14-17-9-4-6-10-19(17)22(18)2/h4-15H,1-3H3/t15-/m0/s1. The normalized spacial score (nSPS) is 12.4. The Labute approximate surface area is 147 Å². The summed E-state index contributed by atoms with van der Waals surface area (Å²) in [6.07, 6.45) is 3.38. The molecule has 0 spiro atoms. The van der Waals surface area contributed by atoms with E-state index in [9.17, 15) is 4.79 Å². The van der Waals surface area contributed by atoms with E-state index in [-0.39, 0.29) is 0 Å². The first-order valence-corrected chi connectivity index (χ1v) is 8.16. The van der Waals surface area contributed by atoms with Crippen molar-refractivity contribution in [3.8, 4) is 5.75 Å². The molecule has 0 unspecified atom stereocenters. The molecule has 0 aliphatic rings. The molecule has 3 rings (SSSR count). The number of nitrogens with zero attached hydrogens (tertiary/aromatic N) is 1. The molecule has 0 aliphatic heterocycles. The summed E-state index contributed by atoms with van der Waals surface area (Å²) in [5.41, 5.74) is 3.19. The topological polar surface area (TPSA) is 40.5 Å². The van der Waals surface area contributed by atoms with Gasteiger partial charge in [-0.25, -0.2) is 4.79 Å². The maximum Gasteiger partial charge on any atom is 0.346 e. The lowest BCUT2D eigenvalue weighted by atomic mass is 10.1. The van der Waals surface area contributed by atoms with E-state index in [1.807, 2.05) is 55.6 Å². The highest BCUT2D eigenvalue weighted by Crippen LogP contribution is 2.24. The van der Waals surface area contributed by atoms with E-state index in [1.165, 1.54) is 18.0 Å². The van der Waals surface area contributed by atoms with Gasteiger partial charge in [0.2, 0.25) is 0 Å². The molecule has 0 amide bonds. The van der Waals surface area contributed by atoms with Crippen molar-refractivity contribution < 1.29 is 14.3 Å². The fourth-order valence-electron chi connectivity index (χ4n) is 2.78. The van der Waals surface area contributed by atoms with Crippen LogP contribution in [0.15, 0.2) is 54.6 Å². The first-order valence-electron chi connectivity index (χ1n) is 8.16. The maximum atomic E-state index is 11.6. The third-order valence-electron chi connectivity index (χ3n) is 4.18. The van der Waals surface area contributed by atoms with Crippen LogP contribution in [0.1, 0.15) is 18.2 Å². The van der Waals surface area contributed by atoms with Crippen molar-refractivity contribution in [3.05, 3.63) is 65.9 Å². The molecular formula is C21H21NO3. The summed E-state index contributed by atoms with van der Waals surface area (Å²) in [7, 11) is 3.40. The number of para-hydroxylation sites is 2. The van der Waals surface area contributed by atoms with E-state index in [0.717, 1.165) is 11.3 Å². The summed E-state index contributed by atoms with van der Waals surface area (Å²) < 4.78 is 12.6. The second kappa shape index (κ2) is 7.26. The van der Waals surface area contributed by atoms with E-state index < -0.39 is 12.1 Å². The van der Waals surface area contributed by atoms with Crippen molar-refractivity contribution in [2.75, 3.05) is 7.11 Å². The van der Waals surface area contributed by atoms with Gasteiger partial charge in [0.25, 0.3) is 0 Å². The predicted molar refractivity (Wildman–Crippen MR) is 100 cm³/mol. The summed E-state index contributed by atoms with van der Waals surface area (Å²) in [5.74, 6) is 0.253. The smallest absolute Gasteiger partial charge is 0.346 e.